The van der Waals surface area contributed by atoms with Crippen molar-refractivity contribution in [3.63, 3.8) is 0 Å². The lowest BCUT2D eigenvalue weighted by atomic mass is 9.99. The van der Waals surface area contributed by atoms with Crippen molar-refractivity contribution in [2.24, 2.45) is 7.05 Å². The number of aromatic nitrogens is 4. The van der Waals surface area contributed by atoms with Gasteiger partial charge in [-0.3, -0.25) is 9.48 Å². The quantitative estimate of drug-likeness (QED) is 0.708. The molecule has 0 saturated carbocycles. The van der Waals surface area contributed by atoms with Crippen molar-refractivity contribution in [1.82, 2.24) is 19.7 Å². The van der Waals surface area contributed by atoms with Crippen LogP contribution in [-0.4, -0.2) is 30.8 Å². The number of hydrogen-bond acceptors (Lipinski definition) is 4. The second kappa shape index (κ2) is 7.91. The lowest BCUT2D eigenvalue weighted by Gasteiger charge is -2.10. The van der Waals surface area contributed by atoms with Crippen molar-refractivity contribution in [3.05, 3.63) is 76.6 Å². The summed E-state index contributed by atoms with van der Waals surface area (Å²) in [4.78, 5) is 20.2. The van der Waals surface area contributed by atoms with Gasteiger partial charge in [0.05, 0.1) is 12.6 Å². The van der Waals surface area contributed by atoms with Crippen molar-refractivity contribution in [2.45, 2.75) is 32.6 Å². The third-order valence-electron chi connectivity index (χ3n) is 4.34. The van der Waals surface area contributed by atoms with Crippen molar-refractivity contribution < 1.29 is 9.90 Å². The van der Waals surface area contributed by atoms with E-state index in [-0.39, 0.29) is 6.42 Å². The zero-order chi connectivity index (χ0) is 18.5. The van der Waals surface area contributed by atoms with E-state index in [2.05, 4.69) is 10.1 Å². The Balaban J connectivity index is 1.74. The number of carboxylic acid groups (broad SMARTS) is 1. The van der Waals surface area contributed by atoms with Gasteiger partial charge in [-0.25, -0.2) is 9.97 Å². The third-order valence-corrected chi connectivity index (χ3v) is 4.34. The fourth-order valence-electron chi connectivity index (χ4n) is 2.99. The molecule has 0 atom stereocenters. The largest absolute Gasteiger partial charge is 0.481 e. The zero-order valence-electron chi connectivity index (χ0n) is 15.0. The van der Waals surface area contributed by atoms with Crippen LogP contribution in [0, 0.1) is 6.92 Å². The van der Waals surface area contributed by atoms with E-state index in [4.69, 9.17) is 10.1 Å². The minimum absolute atomic E-state index is 0.0468. The Kier molecular flexibility index (Phi) is 5.41. The normalized spacial score (nSPS) is 10.8. The standard InChI is InChI=1S/C20H22N4O2/c1-14-11-21-19(9-15-12-22-24(2)13-15)23-18(14)8-7-16-5-3-4-6-17(16)10-20(25)26/h3-6,11-13H,7-10H2,1-2H3,(H,25,26). The first-order valence-electron chi connectivity index (χ1n) is 8.59. The average molecular weight is 350 g/mol. The van der Waals surface area contributed by atoms with Crippen LogP contribution in [0.1, 0.15) is 33.8 Å². The zero-order valence-corrected chi connectivity index (χ0v) is 15.0. The molecule has 0 unspecified atom stereocenters. The molecule has 0 radical (unpaired) electrons. The Hall–Kier alpha value is -3.02. The van der Waals surface area contributed by atoms with Crippen molar-refractivity contribution in [1.29, 1.82) is 0 Å². The van der Waals surface area contributed by atoms with Crippen LogP contribution >= 0.6 is 0 Å². The third kappa shape index (κ3) is 4.53. The van der Waals surface area contributed by atoms with Crippen LogP contribution in [0.5, 0.6) is 0 Å². The second-order valence-electron chi connectivity index (χ2n) is 6.45. The van der Waals surface area contributed by atoms with Gasteiger partial charge in [0.2, 0.25) is 0 Å². The molecule has 0 amide bonds. The minimum Gasteiger partial charge on any atom is -0.481 e. The first-order chi connectivity index (χ1) is 12.5. The van der Waals surface area contributed by atoms with E-state index in [9.17, 15) is 4.79 Å². The van der Waals surface area contributed by atoms with Gasteiger partial charge in [-0.05, 0) is 42.0 Å². The summed E-state index contributed by atoms with van der Waals surface area (Å²) in [5.41, 5.74) is 5.05. The van der Waals surface area contributed by atoms with Gasteiger partial charge in [0.1, 0.15) is 5.82 Å². The first-order valence-corrected chi connectivity index (χ1v) is 8.59. The fourth-order valence-corrected chi connectivity index (χ4v) is 2.99. The highest BCUT2D eigenvalue weighted by molar-refractivity contribution is 5.70. The highest BCUT2D eigenvalue weighted by atomic mass is 16.4. The van der Waals surface area contributed by atoms with E-state index >= 15 is 0 Å². The Morgan fingerprint density at radius 1 is 1.15 bits per heavy atom. The molecule has 3 aromatic rings. The van der Waals surface area contributed by atoms with Crippen LogP contribution < -0.4 is 0 Å². The molecule has 3 rings (SSSR count). The molecule has 1 aromatic carbocycles. The topological polar surface area (TPSA) is 80.9 Å². The smallest absolute Gasteiger partial charge is 0.307 e. The molecular formula is C20H22N4O2. The molecule has 0 spiro atoms. The Bertz CT molecular complexity index is 918. The average Bonchev–Trinajstić information content (AvgIpc) is 3.01. The lowest BCUT2D eigenvalue weighted by molar-refractivity contribution is -0.136. The fraction of sp³-hybridized carbons (Fsp3) is 0.300. The SMILES string of the molecule is Cc1cnc(Cc2cnn(C)c2)nc1CCc1ccccc1CC(=O)O. The Morgan fingerprint density at radius 3 is 2.62 bits per heavy atom. The van der Waals surface area contributed by atoms with Crippen LogP contribution in [0.15, 0.2) is 42.9 Å². The van der Waals surface area contributed by atoms with Gasteiger partial charge < -0.3 is 5.11 Å². The maximum atomic E-state index is 11.0. The summed E-state index contributed by atoms with van der Waals surface area (Å²) < 4.78 is 1.77. The summed E-state index contributed by atoms with van der Waals surface area (Å²) in [5, 5.41) is 13.2. The van der Waals surface area contributed by atoms with E-state index in [1.54, 1.807) is 4.68 Å². The monoisotopic (exact) mass is 350 g/mol. The Labute approximate surface area is 152 Å². The van der Waals surface area contributed by atoms with Gasteiger partial charge in [0.25, 0.3) is 0 Å². The number of benzene rings is 1. The van der Waals surface area contributed by atoms with Crippen LogP contribution in [0.2, 0.25) is 0 Å². The summed E-state index contributed by atoms with van der Waals surface area (Å²) in [6, 6.07) is 7.69. The van der Waals surface area contributed by atoms with Gasteiger partial charge in [0, 0.05) is 31.6 Å². The molecule has 0 aliphatic carbocycles. The van der Waals surface area contributed by atoms with Gasteiger partial charge in [0.15, 0.2) is 0 Å². The van der Waals surface area contributed by atoms with E-state index in [1.807, 2.05) is 56.8 Å². The molecule has 26 heavy (non-hydrogen) atoms. The number of aryl methyl sites for hydroxylation is 4. The van der Waals surface area contributed by atoms with Gasteiger partial charge in [-0.1, -0.05) is 24.3 Å². The van der Waals surface area contributed by atoms with Crippen LogP contribution in [0.3, 0.4) is 0 Å². The summed E-state index contributed by atoms with van der Waals surface area (Å²) >= 11 is 0. The van der Waals surface area contributed by atoms with Gasteiger partial charge in [-0.2, -0.15) is 5.10 Å². The molecule has 134 valence electrons. The molecule has 0 saturated heterocycles. The molecular weight excluding hydrogens is 328 g/mol. The molecule has 0 aliphatic rings. The summed E-state index contributed by atoms with van der Waals surface area (Å²) in [6.07, 6.45) is 7.85. The van der Waals surface area contributed by atoms with Crippen LogP contribution in [0.4, 0.5) is 0 Å². The molecule has 6 nitrogen and oxygen atoms in total. The van der Waals surface area contributed by atoms with Gasteiger partial charge >= 0.3 is 5.97 Å². The molecule has 6 heteroatoms. The van der Waals surface area contributed by atoms with Gasteiger partial charge in [-0.15, -0.1) is 0 Å². The second-order valence-corrected chi connectivity index (χ2v) is 6.45. The summed E-state index contributed by atoms with van der Waals surface area (Å²) in [7, 11) is 1.89. The van der Waals surface area contributed by atoms with E-state index < -0.39 is 5.97 Å². The maximum Gasteiger partial charge on any atom is 0.307 e. The number of hydrogen-bond donors (Lipinski definition) is 1. The number of nitrogens with zero attached hydrogens (tertiary/aromatic N) is 4. The van der Waals surface area contributed by atoms with E-state index in [0.29, 0.717) is 6.42 Å². The molecule has 1 N–H and O–H groups in total. The molecule has 2 heterocycles. The van der Waals surface area contributed by atoms with E-state index in [0.717, 1.165) is 46.6 Å². The maximum absolute atomic E-state index is 11.0. The summed E-state index contributed by atoms with van der Waals surface area (Å²) in [6.45, 7) is 2.01. The molecule has 2 aromatic heterocycles. The number of carbonyl (C=O) groups is 1. The highest BCUT2D eigenvalue weighted by Crippen LogP contribution is 2.15. The number of carboxylic acids is 1. The minimum atomic E-state index is -0.811. The summed E-state index contributed by atoms with van der Waals surface area (Å²) in [5.74, 6) is -0.0353. The van der Waals surface area contributed by atoms with E-state index in [1.165, 1.54) is 0 Å². The van der Waals surface area contributed by atoms with Crippen molar-refractivity contribution >= 4 is 5.97 Å². The first kappa shape index (κ1) is 17.8. The molecule has 0 aliphatic heterocycles. The lowest BCUT2D eigenvalue weighted by Crippen LogP contribution is -2.07. The predicted molar refractivity (Wildman–Crippen MR) is 98.0 cm³/mol. The Morgan fingerprint density at radius 2 is 1.92 bits per heavy atom. The number of rotatable bonds is 7. The predicted octanol–water partition coefficient (Wildman–Crippen LogP) is 2.52. The van der Waals surface area contributed by atoms with Crippen molar-refractivity contribution in [2.75, 3.05) is 0 Å². The van der Waals surface area contributed by atoms with Crippen LogP contribution in [-0.2, 0) is 37.5 Å². The highest BCUT2D eigenvalue weighted by Gasteiger charge is 2.10. The molecule has 0 bridgehead atoms. The van der Waals surface area contributed by atoms with Crippen molar-refractivity contribution in [3.8, 4) is 0 Å². The number of aliphatic carboxylic acids is 1. The molecule has 0 fully saturated rings. The van der Waals surface area contributed by atoms with Crippen LogP contribution in [0.25, 0.3) is 0 Å².